The topological polar surface area (TPSA) is 55.9 Å². The van der Waals surface area contributed by atoms with Crippen LogP contribution in [0.4, 0.5) is 0 Å². The van der Waals surface area contributed by atoms with Crippen LogP contribution in [0.25, 0.3) is 0 Å². The average molecular weight is 307 g/mol. The lowest BCUT2D eigenvalue weighted by Gasteiger charge is -2.35. The number of nitrogens with one attached hydrogen (secondary N) is 1. The molecule has 3 N–H and O–H groups in total. The van der Waals surface area contributed by atoms with Gasteiger partial charge in [0.05, 0.1) is 23.0 Å². The first kappa shape index (κ1) is 14.5. The lowest BCUT2D eigenvalue weighted by atomic mass is 10.1. The number of hydrogen-bond acceptors (Lipinski definition) is 5. The lowest BCUT2D eigenvalue weighted by Crippen LogP contribution is -2.42. The Morgan fingerprint density at radius 3 is 2.89 bits per heavy atom. The van der Waals surface area contributed by atoms with Crippen LogP contribution < -0.4 is 11.3 Å². The van der Waals surface area contributed by atoms with Crippen LogP contribution in [0.15, 0.2) is 6.20 Å². The average Bonchev–Trinajstić information content (AvgIpc) is 2.72. The van der Waals surface area contributed by atoms with Crippen LogP contribution in [0, 0.1) is 0 Å². The summed E-state index contributed by atoms with van der Waals surface area (Å²) >= 11 is 10.2. The Labute approximate surface area is 121 Å². The van der Waals surface area contributed by atoms with Gasteiger partial charge < -0.3 is 0 Å². The lowest BCUT2D eigenvalue weighted by molar-refractivity contribution is 0.480. The maximum Gasteiger partial charge on any atom is 0.0834 e. The summed E-state index contributed by atoms with van der Waals surface area (Å²) in [5.41, 5.74) is 3.92. The van der Waals surface area contributed by atoms with Crippen LogP contribution in [0.3, 0.4) is 0 Å². The van der Waals surface area contributed by atoms with Gasteiger partial charge in [0.25, 0.3) is 0 Å². The molecule has 102 valence electrons. The van der Waals surface area contributed by atoms with Gasteiger partial charge in [-0.05, 0) is 6.42 Å². The van der Waals surface area contributed by atoms with E-state index in [1.54, 1.807) is 6.20 Å². The monoisotopic (exact) mass is 306 g/mol. The Kier molecular flexibility index (Phi) is 5.26. The summed E-state index contributed by atoms with van der Waals surface area (Å²) < 4.78 is 1.82. The highest BCUT2D eigenvalue weighted by Gasteiger charge is 2.35. The fraction of sp³-hybridized carbons (Fsp3) is 0.727. The first-order valence-electron chi connectivity index (χ1n) is 6.05. The van der Waals surface area contributed by atoms with Crippen molar-refractivity contribution in [3.8, 4) is 0 Å². The zero-order valence-electron chi connectivity index (χ0n) is 10.6. The molecule has 0 saturated carbocycles. The number of aryl methyl sites for hydroxylation is 1. The van der Waals surface area contributed by atoms with E-state index in [0.29, 0.717) is 15.5 Å². The molecule has 0 radical (unpaired) electrons. The smallest absolute Gasteiger partial charge is 0.0834 e. The Balaban J connectivity index is 2.27. The van der Waals surface area contributed by atoms with Gasteiger partial charge in [0.15, 0.2) is 0 Å². The normalized spacial score (nSPS) is 26.2. The molecule has 1 saturated heterocycles. The second kappa shape index (κ2) is 6.52. The van der Waals surface area contributed by atoms with Gasteiger partial charge in [-0.15, -0.1) is 0 Å². The number of nitrogens with zero attached hydrogens (tertiary/aromatic N) is 2. The molecule has 1 fully saturated rings. The first-order chi connectivity index (χ1) is 8.69. The Bertz CT molecular complexity index is 379. The van der Waals surface area contributed by atoms with E-state index < -0.39 is 0 Å². The molecule has 0 bridgehead atoms. The molecule has 0 spiro atoms. The number of hydrogen-bond donors (Lipinski definition) is 2. The number of thioether (sulfide) groups is 2. The van der Waals surface area contributed by atoms with Crippen molar-refractivity contribution in [1.29, 1.82) is 0 Å². The third-order valence-corrected chi connectivity index (χ3v) is 6.88. The van der Waals surface area contributed by atoms with Gasteiger partial charge >= 0.3 is 0 Å². The van der Waals surface area contributed by atoms with Crippen molar-refractivity contribution in [1.82, 2.24) is 15.2 Å². The van der Waals surface area contributed by atoms with Gasteiger partial charge in [-0.25, -0.2) is 0 Å². The summed E-state index contributed by atoms with van der Waals surface area (Å²) in [4.78, 5) is 0. The van der Waals surface area contributed by atoms with Crippen LogP contribution in [-0.4, -0.2) is 31.8 Å². The van der Waals surface area contributed by atoms with Gasteiger partial charge in [-0.1, -0.05) is 18.5 Å². The van der Waals surface area contributed by atoms with E-state index in [4.69, 9.17) is 17.4 Å². The zero-order valence-corrected chi connectivity index (χ0v) is 13.0. The highest BCUT2D eigenvalue weighted by atomic mass is 35.5. The van der Waals surface area contributed by atoms with E-state index in [1.165, 1.54) is 11.5 Å². The van der Waals surface area contributed by atoms with Crippen molar-refractivity contribution in [3.63, 3.8) is 0 Å². The van der Waals surface area contributed by atoms with Gasteiger partial charge in [0.2, 0.25) is 0 Å². The van der Waals surface area contributed by atoms with E-state index >= 15 is 0 Å². The van der Waals surface area contributed by atoms with E-state index in [2.05, 4.69) is 17.4 Å². The first-order valence-corrected chi connectivity index (χ1v) is 8.53. The minimum absolute atomic E-state index is 0.0488. The second-order valence-electron chi connectivity index (χ2n) is 4.30. The molecule has 0 aliphatic carbocycles. The molecule has 2 heterocycles. The van der Waals surface area contributed by atoms with Crippen molar-refractivity contribution in [2.24, 2.45) is 12.9 Å². The molecule has 1 aromatic rings. The largest absolute Gasteiger partial charge is 0.271 e. The number of rotatable bonds is 4. The van der Waals surface area contributed by atoms with E-state index in [0.717, 1.165) is 12.1 Å². The van der Waals surface area contributed by atoms with Crippen LogP contribution in [-0.2, 0) is 7.05 Å². The molecule has 7 heteroatoms. The highest BCUT2D eigenvalue weighted by Crippen LogP contribution is 2.41. The van der Waals surface area contributed by atoms with Crippen molar-refractivity contribution >= 4 is 35.1 Å². The Hall–Kier alpha value is 0.120. The number of halogens is 1. The summed E-state index contributed by atoms with van der Waals surface area (Å²) in [7, 11) is 1.91. The predicted molar refractivity (Wildman–Crippen MR) is 81.1 cm³/mol. The molecule has 3 atom stereocenters. The molecular weight excluding hydrogens is 288 g/mol. The molecule has 1 aromatic heterocycles. The fourth-order valence-corrected chi connectivity index (χ4v) is 5.84. The summed E-state index contributed by atoms with van der Waals surface area (Å²) in [6.07, 6.45) is 2.83. The van der Waals surface area contributed by atoms with Crippen molar-refractivity contribution in [2.45, 2.75) is 29.9 Å². The fourth-order valence-electron chi connectivity index (χ4n) is 2.35. The van der Waals surface area contributed by atoms with Crippen LogP contribution >= 0.6 is 35.1 Å². The molecule has 3 unspecified atom stereocenters. The van der Waals surface area contributed by atoms with Gasteiger partial charge in [0, 0.05) is 29.1 Å². The molecule has 18 heavy (non-hydrogen) atoms. The van der Waals surface area contributed by atoms with Gasteiger partial charge in [-0.3, -0.25) is 16.0 Å². The number of aromatic nitrogens is 2. The standard InChI is InChI=1S/C11H19ClN4S2/c1-3-8-11(18-5-4-17-8)9(15-13)10-7(12)6-14-16(10)2/h6,8-9,11,15H,3-5,13H2,1-2H3. The summed E-state index contributed by atoms with van der Waals surface area (Å²) in [5, 5.41) is 5.93. The molecular formula is C11H19ClN4S2. The maximum atomic E-state index is 6.23. The molecule has 1 aliphatic heterocycles. The number of hydrazine groups is 1. The van der Waals surface area contributed by atoms with Crippen molar-refractivity contribution < 1.29 is 0 Å². The van der Waals surface area contributed by atoms with Crippen LogP contribution in [0.5, 0.6) is 0 Å². The van der Waals surface area contributed by atoms with E-state index in [1.807, 2.05) is 35.3 Å². The molecule has 1 aliphatic rings. The predicted octanol–water partition coefficient (Wildman–Crippen LogP) is 2.21. The van der Waals surface area contributed by atoms with Crippen molar-refractivity contribution in [3.05, 3.63) is 16.9 Å². The Morgan fingerprint density at radius 1 is 1.61 bits per heavy atom. The van der Waals surface area contributed by atoms with Crippen LogP contribution in [0.1, 0.15) is 25.1 Å². The molecule has 0 amide bonds. The minimum atomic E-state index is 0.0488. The van der Waals surface area contributed by atoms with E-state index in [-0.39, 0.29) is 6.04 Å². The Morgan fingerprint density at radius 2 is 2.33 bits per heavy atom. The van der Waals surface area contributed by atoms with Crippen LogP contribution in [0.2, 0.25) is 5.02 Å². The zero-order chi connectivity index (χ0) is 13.1. The third-order valence-electron chi connectivity index (χ3n) is 3.23. The molecule has 4 nitrogen and oxygen atoms in total. The molecule has 0 aromatic carbocycles. The highest BCUT2D eigenvalue weighted by molar-refractivity contribution is 8.07. The van der Waals surface area contributed by atoms with Crippen molar-refractivity contribution in [2.75, 3.05) is 11.5 Å². The summed E-state index contributed by atoms with van der Waals surface area (Å²) in [6, 6.07) is 0.0488. The second-order valence-corrected chi connectivity index (χ2v) is 7.34. The number of nitrogens with two attached hydrogens (primary N) is 1. The maximum absolute atomic E-state index is 6.23. The molecule has 2 rings (SSSR count). The quantitative estimate of drug-likeness (QED) is 0.660. The van der Waals surface area contributed by atoms with Gasteiger partial charge in [0.1, 0.15) is 0 Å². The summed E-state index contributed by atoms with van der Waals surface area (Å²) in [6.45, 7) is 2.23. The third kappa shape index (κ3) is 2.82. The van der Waals surface area contributed by atoms with Gasteiger partial charge in [-0.2, -0.15) is 28.6 Å². The van der Waals surface area contributed by atoms with E-state index in [9.17, 15) is 0 Å². The summed E-state index contributed by atoms with van der Waals surface area (Å²) in [5.74, 6) is 8.16. The minimum Gasteiger partial charge on any atom is -0.271 e. The SMILES string of the molecule is CCC1SCCSC1C(NN)c1c(Cl)cnn1C.